The predicted octanol–water partition coefficient (Wildman–Crippen LogP) is 3.13. The summed E-state index contributed by atoms with van der Waals surface area (Å²) in [6.07, 6.45) is -3.00. The minimum atomic E-state index is -4.39. The van der Waals surface area contributed by atoms with Crippen LogP contribution in [0.5, 0.6) is 5.75 Å². The number of hydrogen-bond donors (Lipinski definition) is 2. The van der Waals surface area contributed by atoms with E-state index in [1.165, 1.54) is 13.2 Å². The molecule has 21 heavy (non-hydrogen) atoms. The van der Waals surface area contributed by atoms with Gasteiger partial charge in [-0.25, -0.2) is 0 Å². The molecule has 0 heterocycles. The molecule has 0 aliphatic heterocycles. The van der Waals surface area contributed by atoms with E-state index < -0.39 is 17.8 Å². The van der Waals surface area contributed by atoms with Gasteiger partial charge in [-0.05, 0) is 43.0 Å². The average Bonchev–Trinajstić information content (AvgIpc) is 2.43. The summed E-state index contributed by atoms with van der Waals surface area (Å²) in [6, 6.07) is 3.00. The van der Waals surface area contributed by atoms with Gasteiger partial charge in [-0.3, -0.25) is 0 Å². The first-order chi connectivity index (χ1) is 9.79. The lowest BCUT2D eigenvalue weighted by atomic mass is 9.98. The number of rotatable bonds is 7. The molecule has 0 amide bonds. The molecule has 1 rings (SSSR count). The second-order valence-electron chi connectivity index (χ2n) is 5.08. The van der Waals surface area contributed by atoms with Gasteiger partial charge in [0.15, 0.2) is 0 Å². The van der Waals surface area contributed by atoms with Crippen molar-refractivity contribution in [2.24, 2.45) is 5.73 Å². The van der Waals surface area contributed by atoms with Gasteiger partial charge in [-0.1, -0.05) is 13.3 Å². The van der Waals surface area contributed by atoms with Crippen molar-refractivity contribution in [3.05, 3.63) is 29.3 Å². The van der Waals surface area contributed by atoms with E-state index in [4.69, 9.17) is 10.5 Å². The van der Waals surface area contributed by atoms with Crippen molar-refractivity contribution in [1.29, 1.82) is 0 Å². The second kappa shape index (κ2) is 7.66. The molecule has 0 saturated carbocycles. The van der Waals surface area contributed by atoms with Crippen LogP contribution in [0.4, 0.5) is 13.2 Å². The smallest absolute Gasteiger partial charge is 0.416 e. The standard InChI is InChI=1S/C15H22F3NO2/c1-3-4-12(19)13(20)7-5-10-9-11(15(16,17)18)6-8-14(10)21-2/h6,8-9,12-13,20H,3-5,7,19H2,1-2H3. The van der Waals surface area contributed by atoms with Crippen molar-refractivity contribution in [2.45, 2.75) is 50.9 Å². The molecule has 0 radical (unpaired) electrons. The third-order valence-electron chi connectivity index (χ3n) is 3.43. The van der Waals surface area contributed by atoms with Crippen LogP contribution in [0.3, 0.4) is 0 Å². The zero-order chi connectivity index (χ0) is 16.0. The van der Waals surface area contributed by atoms with Crippen LogP contribution in [0.2, 0.25) is 0 Å². The number of alkyl halides is 3. The highest BCUT2D eigenvalue weighted by Crippen LogP contribution is 2.33. The Labute approximate surface area is 122 Å². The number of aliphatic hydroxyl groups excluding tert-OH is 1. The lowest BCUT2D eigenvalue weighted by Gasteiger charge is -2.19. The van der Waals surface area contributed by atoms with Crippen LogP contribution in [0.25, 0.3) is 0 Å². The Bertz CT molecular complexity index is 449. The van der Waals surface area contributed by atoms with Crippen LogP contribution >= 0.6 is 0 Å². The van der Waals surface area contributed by atoms with Gasteiger partial charge in [0.2, 0.25) is 0 Å². The minimum Gasteiger partial charge on any atom is -0.496 e. The van der Waals surface area contributed by atoms with Gasteiger partial charge in [-0.15, -0.1) is 0 Å². The summed E-state index contributed by atoms with van der Waals surface area (Å²) in [6.45, 7) is 1.96. The van der Waals surface area contributed by atoms with Gasteiger partial charge >= 0.3 is 6.18 Å². The Morgan fingerprint density at radius 3 is 2.48 bits per heavy atom. The maximum atomic E-state index is 12.7. The molecule has 0 saturated heterocycles. The number of aliphatic hydroxyl groups is 1. The summed E-state index contributed by atoms with van der Waals surface area (Å²) in [5.74, 6) is 0.388. The number of halogens is 3. The molecule has 3 nitrogen and oxygen atoms in total. The van der Waals surface area contributed by atoms with Crippen molar-refractivity contribution in [3.8, 4) is 5.75 Å². The van der Waals surface area contributed by atoms with Crippen LogP contribution in [-0.4, -0.2) is 24.4 Å². The first-order valence-corrected chi connectivity index (χ1v) is 6.97. The van der Waals surface area contributed by atoms with E-state index in [-0.39, 0.29) is 12.5 Å². The maximum absolute atomic E-state index is 12.7. The van der Waals surface area contributed by atoms with Gasteiger partial charge in [0.25, 0.3) is 0 Å². The molecule has 1 aromatic rings. The molecule has 2 atom stereocenters. The third kappa shape index (κ3) is 5.21. The molecule has 0 aliphatic carbocycles. The molecule has 0 bridgehead atoms. The van der Waals surface area contributed by atoms with Crippen molar-refractivity contribution >= 4 is 0 Å². The Morgan fingerprint density at radius 2 is 1.95 bits per heavy atom. The number of nitrogens with two attached hydrogens (primary N) is 1. The zero-order valence-electron chi connectivity index (χ0n) is 12.3. The summed E-state index contributed by atoms with van der Waals surface area (Å²) in [7, 11) is 1.41. The minimum absolute atomic E-state index is 0.283. The number of methoxy groups -OCH3 is 1. The van der Waals surface area contributed by atoms with Gasteiger partial charge in [0, 0.05) is 6.04 Å². The monoisotopic (exact) mass is 305 g/mol. The summed E-state index contributed by atoms with van der Waals surface area (Å²) < 4.78 is 43.2. The fourth-order valence-electron chi connectivity index (χ4n) is 2.19. The normalized spacial score (nSPS) is 14.8. The Kier molecular flexibility index (Phi) is 6.48. The van der Waals surface area contributed by atoms with E-state index in [0.717, 1.165) is 18.6 Å². The molecule has 3 N–H and O–H groups in total. The zero-order valence-corrected chi connectivity index (χ0v) is 12.3. The van der Waals surface area contributed by atoms with E-state index in [1.807, 2.05) is 6.92 Å². The fraction of sp³-hybridized carbons (Fsp3) is 0.600. The Hall–Kier alpha value is -1.27. The first kappa shape index (κ1) is 17.8. The van der Waals surface area contributed by atoms with Gasteiger partial charge in [0.1, 0.15) is 5.75 Å². The number of aryl methyl sites for hydroxylation is 1. The lowest BCUT2D eigenvalue weighted by molar-refractivity contribution is -0.137. The van der Waals surface area contributed by atoms with E-state index in [9.17, 15) is 18.3 Å². The van der Waals surface area contributed by atoms with E-state index in [1.54, 1.807) is 0 Å². The SMILES string of the molecule is CCCC(N)C(O)CCc1cc(C(F)(F)F)ccc1OC. The topological polar surface area (TPSA) is 55.5 Å². The molecule has 2 unspecified atom stereocenters. The number of ether oxygens (including phenoxy) is 1. The van der Waals surface area contributed by atoms with Crippen molar-refractivity contribution in [1.82, 2.24) is 0 Å². The van der Waals surface area contributed by atoms with Crippen LogP contribution in [0, 0.1) is 0 Å². The van der Waals surface area contributed by atoms with E-state index in [0.29, 0.717) is 24.2 Å². The number of hydrogen-bond acceptors (Lipinski definition) is 3. The fourth-order valence-corrected chi connectivity index (χ4v) is 2.19. The molecule has 0 aliphatic rings. The average molecular weight is 305 g/mol. The van der Waals surface area contributed by atoms with Crippen molar-refractivity contribution in [2.75, 3.05) is 7.11 Å². The Morgan fingerprint density at radius 1 is 1.29 bits per heavy atom. The molecule has 6 heteroatoms. The maximum Gasteiger partial charge on any atom is 0.416 e. The van der Waals surface area contributed by atoms with E-state index >= 15 is 0 Å². The highest BCUT2D eigenvalue weighted by molar-refractivity contribution is 5.38. The van der Waals surface area contributed by atoms with E-state index in [2.05, 4.69) is 0 Å². The molecule has 120 valence electrons. The molecule has 1 aromatic carbocycles. The first-order valence-electron chi connectivity index (χ1n) is 6.97. The van der Waals surface area contributed by atoms with Gasteiger partial charge < -0.3 is 15.6 Å². The molecular formula is C15H22F3NO2. The van der Waals surface area contributed by atoms with Gasteiger partial charge in [-0.2, -0.15) is 13.2 Å². The van der Waals surface area contributed by atoms with Crippen LogP contribution in [0.15, 0.2) is 18.2 Å². The molecule has 0 aromatic heterocycles. The molecule has 0 fully saturated rings. The molecular weight excluding hydrogens is 283 g/mol. The number of benzene rings is 1. The van der Waals surface area contributed by atoms with Crippen LogP contribution < -0.4 is 10.5 Å². The third-order valence-corrected chi connectivity index (χ3v) is 3.43. The predicted molar refractivity (Wildman–Crippen MR) is 75.2 cm³/mol. The second-order valence-corrected chi connectivity index (χ2v) is 5.08. The summed E-state index contributed by atoms with van der Waals surface area (Å²) in [4.78, 5) is 0. The van der Waals surface area contributed by atoms with Crippen LogP contribution in [-0.2, 0) is 12.6 Å². The highest BCUT2D eigenvalue weighted by atomic mass is 19.4. The highest BCUT2D eigenvalue weighted by Gasteiger charge is 2.31. The lowest BCUT2D eigenvalue weighted by Crippen LogP contribution is -2.34. The van der Waals surface area contributed by atoms with Crippen molar-refractivity contribution in [3.63, 3.8) is 0 Å². The summed E-state index contributed by atoms with van der Waals surface area (Å²) in [5.41, 5.74) is 5.51. The van der Waals surface area contributed by atoms with Gasteiger partial charge in [0.05, 0.1) is 18.8 Å². The summed E-state index contributed by atoms with van der Waals surface area (Å²) >= 11 is 0. The van der Waals surface area contributed by atoms with Crippen LogP contribution in [0.1, 0.15) is 37.3 Å². The van der Waals surface area contributed by atoms with Crippen molar-refractivity contribution < 1.29 is 23.0 Å². The quantitative estimate of drug-likeness (QED) is 0.813. The molecule has 0 spiro atoms. The largest absolute Gasteiger partial charge is 0.496 e. The summed E-state index contributed by atoms with van der Waals surface area (Å²) in [5, 5.41) is 9.91. The Balaban J connectivity index is 2.81.